The van der Waals surface area contributed by atoms with Crippen LogP contribution in [0.4, 0.5) is 20.2 Å². The van der Waals surface area contributed by atoms with Crippen LogP contribution in [0.1, 0.15) is 13.8 Å². The van der Waals surface area contributed by atoms with Crippen molar-refractivity contribution in [1.82, 2.24) is 0 Å². The van der Waals surface area contributed by atoms with Crippen LogP contribution in [-0.4, -0.2) is 13.1 Å². The van der Waals surface area contributed by atoms with Crippen molar-refractivity contribution in [1.29, 1.82) is 0 Å². The average Bonchev–Trinajstić information content (AvgIpc) is 2.14. The lowest BCUT2D eigenvalue weighted by molar-refractivity contribution is 0.307. The summed E-state index contributed by atoms with van der Waals surface area (Å²) in [6.07, 6.45) is 0. The Hall–Kier alpha value is -1.32. The highest BCUT2D eigenvalue weighted by molar-refractivity contribution is 5.69. The Morgan fingerprint density at radius 1 is 1.31 bits per heavy atom. The maximum atomic E-state index is 13.6. The van der Waals surface area contributed by atoms with E-state index in [2.05, 4.69) is 13.8 Å². The number of anilines is 2. The Morgan fingerprint density at radius 3 is 2.50 bits per heavy atom. The summed E-state index contributed by atoms with van der Waals surface area (Å²) in [6.45, 7) is 5.77. The molecule has 1 aliphatic heterocycles. The second kappa shape index (κ2) is 3.92. The maximum absolute atomic E-state index is 13.6. The van der Waals surface area contributed by atoms with E-state index in [1.54, 1.807) is 4.90 Å². The highest BCUT2D eigenvalue weighted by Crippen LogP contribution is 2.35. The predicted octanol–water partition coefficient (Wildman–Crippen LogP) is 2.64. The van der Waals surface area contributed by atoms with Gasteiger partial charge in [0, 0.05) is 13.1 Å². The van der Waals surface area contributed by atoms with Gasteiger partial charge in [-0.3, -0.25) is 0 Å². The van der Waals surface area contributed by atoms with Crippen LogP contribution in [0.5, 0.6) is 0 Å². The number of nitrogens with zero attached hydrogens (tertiary/aromatic N) is 1. The Balaban J connectivity index is 2.20. The van der Waals surface area contributed by atoms with Gasteiger partial charge in [0.05, 0.1) is 11.4 Å². The monoisotopic (exact) mass is 226 g/mol. The summed E-state index contributed by atoms with van der Waals surface area (Å²) in [6, 6.07) is 2.48. The first kappa shape index (κ1) is 11.2. The number of nitrogen functional groups attached to an aromatic ring is 1. The molecule has 1 heterocycles. The molecule has 0 saturated carbocycles. The fourth-order valence-electron chi connectivity index (χ4n) is 1.99. The molecule has 1 aromatic carbocycles. The average molecular weight is 226 g/mol. The molecule has 0 amide bonds. The van der Waals surface area contributed by atoms with Crippen LogP contribution < -0.4 is 10.6 Å². The zero-order chi connectivity index (χ0) is 11.9. The third kappa shape index (κ3) is 1.72. The van der Waals surface area contributed by atoms with Crippen LogP contribution in [-0.2, 0) is 0 Å². The van der Waals surface area contributed by atoms with Crippen molar-refractivity contribution in [2.75, 3.05) is 23.7 Å². The Bertz CT molecular complexity index is 398. The highest BCUT2D eigenvalue weighted by atomic mass is 19.2. The van der Waals surface area contributed by atoms with Gasteiger partial charge in [0.2, 0.25) is 0 Å². The lowest BCUT2D eigenvalue weighted by Gasteiger charge is -2.43. The van der Waals surface area contributed by atoms with E-state index >= 15 is 0 Å². The number of halogens is 2. The molecule has 0 spiro atoms. The molecule has 1 aromatic rings. The van der Waals surface area contributed by atoms with Crippen molar-refractivity contribution in [2.45, 2.75) is 13.8 Å². The molecular weight excluding hydrogens is 210 g/mol. The fourth-order valence-corrected chi connectivity index (χ4v) is 1.99. The number of hydrogen-bond acceptors (Lipinski definition) is 2. The summed E-state index contributed by atoms with van der Waals surface area (Å²) in [5, 5.41) is 0. The minimum Gasteiger partial charge on any atom is -0.397 e. The van der Waals surface area contributed by atoms with Gasteiger partial charge in [0.15, 0.2) is 11.6 Å². The molecule has 0 radical (unpaired) electrons. The van der Waals surface area contributed by atoms with E-state index in [1.165, 1.54) is 6.07 Å². The molecule has 88 valence electrons. The van der Waals surface area contributed by atoms with Crippen LogP contribution in [0.2, 0.25) is 0 Å². The summed E-state index contributed by atoms with van der Waals surface area (Å²) < 4.78 is 26.6. The van der Waals surface area contributed by atoms with E-state index in [-0.39, 0.29) is 5.69 Å². The standard InChI is InChI=1S/C12H16F2N2/c1-7(2)8-5-16(6-8)12-10(15)4-3-9(13)11(12)14/h3-4,7-8H,5-6,15H2,1-2H3. The van der Waals surface area contributed by atoms with Gasteiger partial charge in [0.1, 0.15) is 0 Å². The van der Waals surface area contributed by atoms with Crippen molar-refractivity contribution >= 4 is 11.4 Å². The van der Waals surface area contributed by atoms with Gasteiger partial charge in [-0.25, -0.2) is 8.78 Å². The SMILES string of the molecule is CC(C)C1CN(c2c(N)ccc(F)c2F)C1. The zero-order valence-corrected chi connectivity index (χ0v) is 9.50. The van der Waals surface area contributed by atoms with Crippen molar-refractivity contribution < 1.29 is 8.78 Å². The third-order valence-corrected chi connectivity index (χ3v) is 3.27. The van der Waals surface area contributed by atoms with Gasteiger partial charge in [-0.05, 0) is 24.0 Å². The van der Waals surface area contributed by atoms with E-state index in [9.17, 15) is 8.78 Å². The largest absolute Gasteiger partial charge is 0.397 e. The number of hydrogen-bond donors (Lipinski definition) is 1. The van der Waals surface area contributed by atoms with Crippen molar-refractivity contribution in [3.05, 3.63) is 23.8 Å². The smallest absolute Gasteiger partial charge is 0.184 e. The molecular formula is C12H16F2N2. The van der Waals surface area contributed by atoms with Gasteiger partial charge in [-0.15, -0.1) is 0 Å². The van der Waals surface area contributed by atoms with Gasteiger partial charge in [-0.1, -0.05) is 13.8 Å². The molecule has 1 saturated heterocycles. The van der Waals surface area contributed by atoms with Crippen LogP contribution >= 0.6 is 0 Å². The molecule has 2 rings (SSSR count). The molecule has 1 fully saturated rings. The summed E-state index contributed by atoms with van der Waals surface area (Å²) in [7, 11) is 0. The van der Waals surface area contributed by atoms with Crippen molar-refractivity contribution in [3.8, 4) is 0 Å². The Kier molecular flexibility index (Phi) is 2.74. The third-order valence-electron chi connectivity index (χ3n) is 3.27. The number of nitrogens with two attached hydrogens (primary N) is 1. The second-order valence-electron chi connectivity index (χ2n) is 4.71. The number of rotatable bonds is 2. The minimum atomic E-state index is -0.836. The summed E-state index contributed by atoms with van der Waals surface area (Å²) in [4.78, 5) is 1.80. The summed E-state index contributed by atoms with van der Waals surface area (Å²) >= 11 is 0. The molecule has 4 heteroatoms. The van der Waals surface area contributed by atoms with Crippen LogP contribution in [0, 0.1) is 23.5 Å². The van der Waals surface area contributed by atoms with Crippen LogP contribution in [0.25, 0.3) is 0 Å². The van der Waals surface area contributed by atoms with Crippen molar-refractivity contribution in [2.24, 2.45) is 11.8 Å². The molecule has 16 heavy (non-hydrogen) atoms. The van der Waals surface area contributed by atoms with E-state index in [0.29, 0.717) is 17.5 Å². The van der Waals surface area contributed by atoms with Gasteiger partial charge >= 0.3 is 0 Å². The van der Waals surface area contributed by atoms with Gasteiger partial charge < -0.3 is 10.6 Å². The molecule has 0 unspecified atom stereocenters. The fraction of sp³-hybridized carbons (Fsp3) is 0.500. The Morgan fingerprint density at radius 2 is 1.94 bits per heavy atom. The molecule has 0 atom stereocenters. The van der Waals surface area contributed by atoms with E-state index in [4.69, 9.17) is 5.73 Å². The maximum Gasteiger partial charge on any atom is 0.184 e. The number of benzene rings is 1. The van der Waals surface area contributed by atoms with Crippen LogP contribution in [0.3, 0.4) is 0 Å². The topological polar surface area (TPSA) is 29.3 Å². The highest BCUT2D eigenvalue weighted by Gasteiger charge is 2.32. The lowest BCUT2D eigenvalue weighted by atomic mass is 9.88. The first-order valence-electron chi connectivity index (χ1n) is 5.49. The summed E-state index contributed by atoms with van der Waals surface area (Å²) in [5.74, 6) is -0.560. The molecule has 2 N–H and O–H groups in total. The molecule has 0 bridgehead atoms. The molecule has 1 aliphatic rings. The van der Waals surface area contributed by atoms with E-state index < -0.39 is 11.6 Å². The van der Waals surface area contributed by atoms with E-state index in [1.807, 2.05) is 0 Å². The minimum absolute atomic E-state index is 0.219. The Labute approximate surface area is 94.0 Å². The predicted molar refractivity (Wildman–Crippen MR) is 61.3 cm³/mol. The quantitative estimate of drug-likeness (QED) is 0.785. The first-order valence-corrected chi connectivity index (χ1v) is 5.49. The van der Waals surface area contributed by atoms with Gasteiger partial charge in [0.25, 0.3) is 0 Å². The normalized spacial score (nSPS) is 16.7. The second-order valence-corrected chi connectivity index (χ2v) is 4.71. The van der Waals surface area contributed by atoms with E-state index in [0.717, 1.165) is 19.2 Å². The first-order chi connectivity index (χ1) is 7.50. The zero-order valence-electron chi connectivity index (χ0n) is 9.50. The van der Waals surface area contributed by atoms with Gasteiger partial charge in [-0.2, -0.15) is 0 Å². The van der Waals surface area contributed by atoms with Crippen LogP contribution in [0.15, 0.2) is 12.1 Å². The molecule has 0 aliphatic carbocycles. The lowest BCUT2D eigenvalue weighted by Crippen LogP contribution is -2.49. The summed E-state index contributed by atoms with van der Waals surface area (Å²) in [5.41, 5.74) is 6.20. The molecule has 0 aromatic heterocycles. The molecule has 2 nitrogen and oxygen atoms in total. The van der Waals surface area contributed by atoms with Crippen molar-refractivity contribution in [3.63, 3.8) is 0 Å².